The molecule has 2 heteroatoms. The summed E-state index contributed by atoms with van der Waals surface area (Å²) in [5.74, 6) is 0.137. The molecular weight excluding hydrogens is 256 g/mol. The van der Waals surface area contributed by atoms with Gasteiger partial charge in [-0.1, -0.05) is 50.6 Å². The first-order chi connectivity index (χ1) is 9.97. The van der Waals surface area contributed by atoms with Gasteiger partial charge in [-0.25, -0.2) is 0 Å². The molecule has 0 aliphatic rings. The van der Waals surface area contributed by atoms with E-state index in [2.05, 4.69) is 70.3 Å². The fraction of sp³-hybridized carbons (Fsp3) is 0.632. The first kappa shape index (κ1) is 17.7. The summed E-state index contributed by atoms with van der Waals surface area (Å²) in [6.07, 6.45) is 3.93. The average Bonchev–Trinajstić information content (AvgIpc) is 2.51. The van der Waals surface area contributed by atoms with Gasteiger partial charge in [0, 0.05) is 17.5 Å². The number of nitriles is 1. The van der Waals surface area contributed by atoms with Crippen LogP contribution < -0.4 is 5.32 Å². The molecule has 0 saturated carbocycles. The van der Waals surface area contributed by atoms with Gasteiger partial charge >= 0.3 is 0 Å². The summed E-state index contributed by atoms with van der Waals surface area (Å²) in [6.45, 7) is 10.9. The van der Waals surface area contributed by atoms with Crippen molar-refractivity contribution in [3.8, 4) is 6.07 Å². The van der Waals surface area contributed by atoms with Crippen LogP contribution in [0.3, 0.4) is 0 Å². The van der Waals surface area contributed by atoms with Gasteiger partial charge in [-0.2, -0.15) is 5.26 Å². The lowest BCUT2D eigenvalue weighted by molar-refractivity contribution is 0.251. The van der Waals surface area contributed by atoms with E-state index in [1.54, 1.807) is 0 Å². The third-order valence-electron chi connectivity index (χ3n) is 4.56. The van der Waals surface area contributed by atoms with E-state index in [-0.39, 0.29) is 11.5 Å². The van der Waals surface area contributed by atoms with Crippen LogP contribution in [0, 0.1) is 24.2 Å². The summed E-state index contributed by atoms with van der Waals surface area (Å²) >= 11 is 0. The lowest BCUT2D eigenvalue weighted by Gasteiger charge is -2.36. The standard InChI is InChI=1S/C19H30N2/c1-6-16(14-20)13-19(5,8-3)21-18(7-2)17-11-9-15(4)10-12-17/h9-12,16,18,21H,6-8,13H2,1-5H3/t16?,18-,19?/m1/s1. The molecule has 0 aliphatic heterocycles. The monoisotopic (exact) mass is 286 g/mol. The minimum absolute atomic E-state index is 0.0158. The third-order valence-corrected chi connectivity index (χ3v) is 4.56. The molecule has 0 amide bonds. The second-order valence-corrected chi connectivity index (χ2v) is 6.37. The number of nitrogens with one attached hydrogen (secondary N) is 1. The van der Waals surface area contributed by atoms with E-state index in [9.17, 15) is 5.26 Å². The molecule has 0 saturated heterocycles. The quantitative estimate of drug-likeness (QED) is 0.718. The lowest BCUT2D eigenvalue weighted by atomic mass is 9.84. The summed E-state index contributed by atoms with van der Waals surface area (Å²) in [5.41, 5.74) is 2.65. The van der Waals surface area contributed by atoms with Gasteiger partial charge in [0.05, 0.1) is 6.07 Å². The minimum Gasteiger partial charge on any atom is -0.305 e. The van der Waals surface area contributed by atoms with Crippen molar-refractivity contribution in [1.82, 2.24) is 5.32 Å². The Kier molecular flexibility index (Phi) is 6.92. The van der Waals surface area contributed by atoms with Gasteiger partial charge in [0.15, 0.2) is 0 Å². The molecule has 3 atom stereocenters. The zero-order chi connectivity index (χ0) is 15.9. The van der Waals surface area contributed by atoms with Gasteiger partial charge in [-0.3, -0.25) is 0 Å². The van der Waals surface area contributed by atoms with Crippen LogP contribution in [-0.2, 0) is 0 Å². The summed E-state index contributed by atoms with van der Waals surface area (Å²) in [6, 6.07) is 11.6. The lowest BCUT2D eigenvalue weighted by Crippen LogP contribution is -2.45. The predicted molar refractivity (Wildman–Crippen MR) is 90.1 cm³/mol. The van der Waals surface area contributed by atoms with Crippen LogP contribution in [0.2, 0.25) is 0 Å². The highest BCUT2D eigenvalue weighted by atomic mass is 15.0. The van der Waals surface area contributed by atoms with Crippen molar-refractivity contribution in [3.05, 3.63) is 35.4 Å². The highest BCUT2D eigenvalue weighted by Gasteiger charge is 2.28. The first-order valence-corrected chi connectivity index (χ1v) is 8.21. The number of nitrogens with zero attached hydrogens (tertiary/aromatic N) is 1. The van der Waals surface area contributed by atoms with Gasteiger partial charge in [0.2, 0.25) is 0 Å². The van der Waals surface area contributed by atoms with E-state index in [1.807, 2.05) is 0 Å². The number of hydrogen-bond donors (Lipinski definition) is 1. The molecule has 0 aromatic heterocycles. The Bertz CT molecular complexity index is 457. The Labute approximate surface area is 130 Å². The molecule has 0 aliphatic carbocycles. The fourth-order valence-electron chi connectivity index (χ4n) is 2.77. The smallest absolute Gasteiger partial charge is 0.0656 e. The van der Waals surface area contributed by atoms with Gasteiger partial charge < -0.3 is 5.32 Å². The molecule has 0 spiro atoms. The van der Waals surface area contributed by atoms with Crippen LogP contribution in [0.5, 0.6) is 0 Å². The van der Waals surface area contributed by atoms with Crippen molar-refractivity contribution in [3.63, 3.8) is 0 Å². The maximum atomic E-state index is 9.25. The molecule has 1 aromatic rings. The molecule has 2 unspecified atom stereocenters. The Hall–Kier alpha value is -1.33. The summed E-state index contributed by atoms with van der Waals surface area (Å²) in [5, 5.41) is 13.1. The molecule has 0 radical (unpaired) electrons. The van der Waals surface area contributed by atoms with Crippen molar-refractivity contribution in [1.29, 1.82) is 5.26 Å². The van der Waals surface area contributed by atoms with Crippen LogP contribution in [0.4, 0.5) is 0 Å². The van der Waals surface area contributed by atoms with Gasteiger partial charge in [-0.05, 0) is 45.1 Å². The number of benzene rings is 1. The second-order valence-electron chi connectivity index (χ2n) is 6.37. The molecule has 21 heavy (non-hydrogen) atoms. The number of rotatable bonds is 8. The van der Waals surface area contributed by atoms with E-state index in [1.165, 1.54) is 11.1 Å². The number of hydrogen-bond acceptors (Lipinski definition) is 2. The topological polar surface area (TPSA) is 35.8 Å². The highest BCUT2D eigenvalue weighted by molar-refractivity contribution is 5.24. The van der Waals surface area contributed by atoms with E-state index in [0.717, 1.165) is 25.7 Å². The predicted octanol–water partition coefficient (Wildman–Crippen LogP) is 5.14. The van der Waals surface area contributed by atoms with Crippen LogP contribution in [-0.4, -0.2) is 5.54 Å². The maximum absolute atomic E-state index is 9.25. The number of aryl methyl sites for hydroxylation is 1. The van der Waals surface area contributed by atoms with Crippen LogP contribution in [0.1, 0.15) is 70.5 Å². The van der Waals surface area contributed by atoms with Crippen LogP contribution >= 0.6 is 0 Å². The molecule has 1 rings (SSSR count). The summed E-state index contributed by atoms with van der Waals surface area (Å²) in [7, 11) is 0. The van der Waals surface area contributed by atoms with Crippen molar-refractivity contribution in [2.75, 3.05) is 0 Å². The van der Waals surface area contributed by atoms with Crippen molar-refractivity contribution < 1.29 is 0 Å². The molecular formula is C19H30N2. The van der Waals surface area contributed by atoms with Gasteiger partial charge in [0.25, 0.3) is 0 Å². The summed E-state index contributed by atoms with van der Waals surface area (Å²) in [4.78, 5) is 0. The first-order valence-electron chi connectivity index (χ1n) is 8.21. The van der Waals surface area contributed by atoms with E-state index < -0.39 is 0 Å². The van der Waals surface area contributed by atoms with E-state index in [4.69, 9.17) is 0 Å². The van der Waals surface area contributed by atoms with Gasteiger partial charge in [0.1, 0.15) is 0 Å². The maximum Gasteiger partial charge on any atom is 0.0656 e. The molecule has 2 nitrogen and oxygen atoms in total. The average molecular weight is 286 g/mol. The van der Waals surface area contributed by atoms with E-state index in [0.29, 0.717) is 6.04 Å². The normalized spacial score (nSPS) is 16.8. The third kappa shape index (κ3) is 5.17. The minimum atomic E-state index is 0.0158. The zero-order valence-corrected chi connectivity index (χ0v) is 14.2. The fourth-order valence-corrected chi connectivity index (χ4v) is 2.77. The molecule has 0 bridgehead atoms. The van der Waals surface area contributed by atoms with E-state index >= 15 is 0 Å². The molecule has 1 aromatic carbocycles. The Balaban J connectivity index is 2.86. The van der Waals surface area contributed by atoms with Crippen molar-refractivity contribution >= 4 is 0 Å². The second kappa shape index (κ2) is 8.20. The molecule has 1 N–H and O–H groups in total. The Morgan fingerprint density at radius 1 is 1.14 bits per heavy atom. The SMILES string of the molecule is CCC(C#N)CC(C)(CC)N[C@H](CC)c1ccc(C)cc1. The van der Waals surface area contributed by atoms with Crippen LogP contribution in [0.25, 0.3) is 0 Å². The summed E-state index contributed by atoms with van der Waals surface area (Å²) < 4.78 is 0. The van der Waals surface area contributed by atoms with Gasteiger partial charge in [-0.15, -0.1) is 0 Å². The Morgan fingerprint density at radius 3 is 2.19 bits per heavy atom. The van der Waals surface area contributed by atoms with Crippen LogP contribution in [0.15, 0.2) is 24.3 Å². The zero-order valence-electron chi connectivity index (χ0n) is 14.2. The molecule has 116 valence electrons. The highest BCUT2D eigenvalue weighted by Crippen LogP contribution is 2.28. The molecule has 0 fully saturated rings. The molecule has 0 heterocycles. The Morgan fingerprint density at radius 2 is 1.76 bits per heavy atom. The van der Waals surface area contributed by atoms with Crippen molar-refractivity contribution in [2.24, 2.45) is 5.92 Å². The van der Waals surface area contributed by atoms with Crippen molar-refractivity contribution in [2.45, 2.75) is 71.9 Å². The largest absolute Gasteiger partial charge is 0.305 e.